The van der Waals surface area contributed by atoms with Crippen molar-refractivity contribution >= 4 is 16.9 Å². The average Bonchev–Trinajstić information content (AvgIpc) is 3.39. The molecule has 0 saturated carbocycles. The smallest absolute Gasteiger partial charge is 0.191 e. The van der Waals surface area contributed by atoms with Crippen LogP contribution in [0, 0.1) is 5.82 Å². The summed E-state index contributed by atoms with van der Waals surface area (Å²) in [7, 11) is 0. The van der Waals surface area contributed by atoms with E-state index < -0.39 is 0 Å². The Morgan fingerprint density at radius 2 is 2.03 bits per heavy atom. The van der Waals surface area contributed by atoms with Crippen LogP contribution in [0.3, 0.4) is 0 Å². The van der Waals surface area contributed by atoms with Gasteiger partial charge in [-0.15, -0.1) is 10.2 Å². The van der Waals surface area contributed by atoms with Gasteiger partial charge in [0, 0.05) is 35.9 Å². The number of hydrogen-bond donors (Lipinski definition) is 3. The van der Waals surface area contributed by atoms with Crippen molar-refractivity contribution in [3.05, 3.63) is 78.3 Å². The van der Waals surface area contributed by atoms with Crippen molar-refractivity contribution in [2.24, 2.45) is 4.99 Å². The molecule has 0 spiro atoms. The van der Waals surface area contributed by atoms with E-state index >= 15 is 0 Å². The molecule has 2 heterocycles. The van der Waals surface area contributed by atoms with E-state index in [9.17, 15) is 4.39 Å². The van der Waals surface area contributed by atoms with Crippen LogP contribution in [0.2, 0.25) is 0 Å². The van der Waals surface area contributed by atoms with E-state index in [4.69, 9.17) is 0 Å². The van der Waals surface area contributed by atoms with E-state index in [0.717, 1.165) is 40.9 Å². The van der Waals surface area contributed by atoms with Crippen molar-refractivity contribution < 1.29 is 4.39 Å². The fourth-order valence-electron chi connectivity index (χ4n) is 3.34. The first-order valence-corrected chi connectivity index (χ1v) is 9.96. The van der Waals surface area contributed by atoms with Crippen LogP contribution in [0.15, 0.2) is 66.0 Å². The molecule has 0 bridgehead atoms. The first-order chi connectivity index (χ1) is 14.7. The molecule has 30 heavy (non-hydrogen) atoms. The van der Waals surface area contributed by atoms with Crippen molar-refractivity contribution in [2.45, 2.75) is 19.9 Å². The summed E-state index contributed by atoms with van der Waals surface area (Å²) in [6.45, 7) is 3.87. The molecule has 4 rings (SSSR count). The summed E-state index contributed by atoms with van der Waals surface area (Å²) in [5, 5.41) is 15.9. The van der Waals surface area contributed by atoms with Crippen LogP contribution < -0.4 is 10.6 Å². The predicted molar refractivity (Wildman–Crippen MR) is 116 cm³/mol. The molecule has 0 saturated heterocycles. The highest BCUT2D eigenvalue weighted by atomic mass is 19.1. The number of rotatable bonds is 7. The van der Waals surface area contributed by atoms with Gasteiger partial charge in [0.2, 0.25) is 0 Å². The second-order valence-corrected chi connectivity index (χ2v) is 6.83. The summed E-state index contributed by atoms with van der Waals surface area (Å²) in [6, 6.07) is 14.8. The first kappa shape index (κ1) is 19.6. The third kappa shape index (κ3) is 4.48. The molecule has 2 aromatic carbocycles. The highest BCUT2D eigenvalue weighted by Crippen LogP contribution is 2.19. The zero-order valence-corrected chi connectivity index (χ0v) is 16.8. The van der Waals surface area contributed by atoms with E-state index in [1.54, 1.807) is 6.33 Å². The molecule has 0 unspecified atom stereocenters. The number of halogens is 1. The lowest BCUT2D eigenvalue weighted by molar-refractivity contribution is 0.629. The molecule has 0 aliphatic carbocycles. The lowest BCUT2D eigenvalue weighted by Gasteiger charge is -2.11. The monoisotopic (exact) mass is 405 g/mol. The third-order valence-electron chi connectivity index (χ3n) is 4.79. The van der Waals surface area contributed by atoms with Crippen LogP contribution in [0.1, 0.15) is 18.3 Å². The van der Waals surface area contributed by atoms with E-state index in [0.29, 0.717) is 19.0 Å². The molecule has 4 aromatic rings. The molecule has 0 atom stereocenters. The van der Waals surface area contributed by atoms with E-state index in [-0.39, 0.29) is 5.82 Å². The number of aliphatic imine (C=N–C) groups is 1. The van der Waals surface area contributed by atoms with Crippen molar-refractivity contribution in [2.75, 3.05) is 13.1 Å². The van der Waals surface area contributed by atoms with Crippen LogP contribution in [0.4, 0.5) is 4.39 Å². The third-order valence-corrected chi connectivity index (χ3v) is 4.79. The number of hydrogen-bond acceptors (Lipinski definition) is 3. The molecule has 7 nitrogen and oxygen atoms in total. The van der Waals surface area contributed by atoms with Crippen LogP contribution in [0.25, 0.3) is 16.6 Å². The number of para-hydroxylation sites is 1. The SMILES string of the molecule is CCNC(=NCc1nncn1-c1ccccc1)NCCc1c[nH]c2cc(F)ccc12. The molecule has 3 N–H and O–H groups in total. The predicted octanol–water partition coefficient (Wildman–Crippen LogP) is 3.19. The Bertz CT molecular complexity index is 1130. The summed E-state index contributed by atoms with van der Waals surface area (Å²) in [4.78, 5) is 7.77. The minimum absolute atomic E-state index is 0.237. The Morgan fingerprint density at radius 1 is 1.17 bits per heavy atom. The molecule has 0 aliphatic rings. The maximum Gasteiger partial charge on any atom is 0.191 e. The van der Waals surface area contributed by atoms with Gasteiger partial charge in [-0.1, -0.05) is 18.2 Å². The molecular weight excluding hydrogens is 381 g/mol. The maximum absolute atomic E-state index is 13.4. The minimum Gasteiger partial charge on any atom is -0.361 e. The van der Waals surface area contributed by atoms with Crippen molar-refractivity contribution in [3.8, 4) is 5.69 Å². The maximum atomic E-state index is 13.4. The van der Waals surface area contributed by atoms with Gasteiger partial charge in [0.1, 0.15) is 18.7 Å². The summed E-state index contributed by atoms with van der Waals surface area (Å²) in [6.07, 6.45) is 4.41. The van der Waals surface area contributed by atoms with Crippen molar-refractivity contribution in [3.63, 3.8) is 0 Å². The Labute approximate surface area is 174 Å². The fraction of sp³-hybridized carbons (Fsp3) is 0.227. The van der Waals surface area contributed by atoms with Gasteiger partial charge in [-0.3, -0.25) is 4.57 Å². The van der Waals surface area contributed by atoms with E-state index in [1.807, 2.05) is 54.1 Å². The van der Waals surface area contributed by atoms with Gasteiger partial charge >= 0.3 is 0 Å². The van der Waals surface area contributed by atoms with Gasteiger partial charge in [-0.05, 0) is 49.2 Å². The quantitative estimate of drug-likeness (QED) is 0.326. The zero-order chi connectivity index (χ0) is 20.8. The number of nitrogens with zero attached hydrogens (tertiary/aromatic N) is 4. The Hall–Kier alpha value is -3.68. The number of nitrogens with one attached hydrogen (secondary N) is 3. The number of H-pyrrole nitrogens is 1. The zero-order valence-electron chi connectivity index (χ0n) is 16.8. The molecule has 0 amide bonds. The van der Waals surface area contributed by atoms with Crippen molar-refractivity contribution in [1.82, 2.24) is 30.4 Å². The molecular formula is C22H24FN7. The number of fused-ring (bicyclic) bond motifs is 1. The highest BCUT2D eigenvalue weighted by Gasteiger charge is 2.08. The second-order valence-electron chi connectivity index (χ2n) is 6.83. The van der Waals surface area contributed by atoms with Gasteiger partial charge in [-0.25, -0.2) is 9.38 Å². The summed E-state index contributed by atoms with van der Waals surface area (Å²) in [5.74, 6) is 1.24. The highest BCUT2D eigenvalue weighted by molar-refractivity contribution is 5.83. The lowest BCUT2D eigenvalue weighted by atomic mass is 10.1. The normalized spacial score (nSPS) is 11.7. The van der Waals surface area contributed by atoms with Crippen LogP contribution in [-0.2, 0) is 13.0 Å². The molecule has 8 heteroatoms. The van der Waals surface area contributed by atoms with E-state index in [2.05, 4.69) is 30.8 Å². The number of guanidine groups is 1. The second kappa shape index (κ2) is 9.21. The Morgan fingerprint density at radius 3 is 2.87 bits per heavy atom. The van der Waals surface area contributed by atoms with Gasteiger partial charge in [0.25, 0.3) is 0 Å². The Kier molecular flexibility index (Phi) is 6.03. The minimum atomic E-state index is -0.237. The average molecular weight is 405 g/mol. The standard InChI is InChI=1S/C22H24FN7/c1-2-24-22(25-11-10-16-13-26-20-12-17(23)8-9-19(16)20)27-14-21-29-28-15-30(21)18-6-4-3-5-7-18/h3-9,12-13,15,26H,2,10-11,14H2,1H3,(H2,24,25,27). The topological polar surface area (TPSA) is 82.9 Å². The summed E-state index contributed by atoms with van der Waals surface area (Å²) < 4.78 is 15.3. The Balaban J connectivity index is 1.40. The van der Waals surface area contributed by atoms with Crippen molar-refractivity contribution in [1.29, 1.82) is 0 Å². The lowest BCUT2D eigenvalue weighted by Crippen LogP contribution is -2.38. The largest absolute Gasteiger partial charge is 0.361 e. The first-order valence-electron chi connectivity index (χ1n) is 9.96. The molecule has 0 radical (unpaired) electrons. The van der Waals surface area contributed by atoms with Gasteiger partial charge in [0.15, 0.2) is 11.8 Å². The molecule has 0 fully saturated rings. The molecule has 154 valence electrons. The van der Waals surface area contributed by atoms with E-state index in [1.165, 1.54) is 12.1 Å². The van der Waals surface area contributed by atoms with Gasteiger partial charge in [0.05, 0.1) is 0 Å². The van der Waals surface area contributed by atoms with Crippen LogP contribution in [0.5, 0.6) is 0 Å². The van der Waals surface area contributed by atoms with Crippen LogP contribution in [-0.4, -0.2) is 38.8 Å². The number of benzene rings is 2. The molecule has 0 aliphatic heterocycles. The summed E-state index contributed by atoms with van der Waals surface area (Å²) in [5.41, 5.74) is 2.95. The number of aromatic amines is 1. The van der Waals surface area contributed by atoms with Gasteiger partial charge < -0.3 is 15.6 Å². The van der Waals surface area contributed by atoms with Crippen LogP contribution >= 0.6 is 0 Å². The number of aromatic nitrogens is 4. The van der Waals surface area contributed by atoms with Gasteiger partial charge in [-0.2, -0.15) is 0 Å². The fourth-order valence-corrected chi connectivity index (χ4v) is 3.34. The molecule has 2 aromatic heterocycles. The summed E-state index contributed by atoms with van der Waals surface area (Å²) >= 11 is 0.